The number of hydrogen-bond donors (Lipinski definition) is 1. The van der Waals surface area contributed by atoms with Crippen LogP contribution in [-0.4, -0.2) is 0 Å². The van der Waals surface area contributed by atoms with Crippen LogP contribution in [-0.2, 0) is 0 Å². The summed E-state index contributed by atoms with van der Waals surface area (Å²) >= 11 is 0. The van der Waals surface area contributed by atoms with E-state index in [2.05, 4.69) is 32.6 Å². The Balaban J connectivity index is 2.30. The first-order valence-electron chi connectivity index (χ1n) is 4.58. The monoisotopic (exact) mass is 173 g/mol. The molecule has 1 aromatic carbocycles. The molecule has 13 heavy (non-hydrogen) atoms. The minimum absolute atomic E-state index is 0.288. The van der Waals surface area contributed by atoms with Crippen LogP contribution in [0.4, 0.5) is 5.69 Å². The highest BCUT2D eigenvalue weighted by Crippen LogP contribution is 2.62. The van der Waals surface area contributed by atoms with Crippen molar-refractivity contribution in [2.24, 2.45) is 5.41 Å². The fourth-order valence-corrected chi connectivity index (χ4v) is 1.94. The summed E-state index contributed by atoms with van der Waals surface area (Å²) in [6.07, 6.45) is 0. The first-order valence-corrected chi connectivity index (χ1v) is 4.58. The number of rotatable bonds is 1. The molecule has 0 bridgehead atoms. The number of nitrogens with two attached hydrogens (primary N) is 1. The third kappa shape index (κ3) is 1.15. The van der Waals surface area contributed by atoms with Gasteiger partial charge in [-0.15, -0.1) is 0 Å². The van der Waals surface area contributed by atoms with E-state index in [-0.39, 0.29) is 5.41 Å². The fourth-order valence-electron chi connectivity index (χ4n) is 1.94. The molecule has 1 nitrogen and oxygen atoms in total. The topological polar surface area (TPSA) is 26.0 Å². The van der Waals surface area contributed by atoms with E-state index >= 15 is 0 Å². The Labute approximate surface area is 79.3 Å². The van der Waals surface area contributed by atoms with E-state index in [9.17, 15) is 0 Å². The highest BCUT2D eigenvalue weighted by molar-refractivity contribution is 5.50. The fraction of sp³-hybridized carbons (Fsp3) is 0.333. The molecule has 1 aromatic rings. The second-order valence-electron chi connectivity index (χ2n) is 4.35. The van der Waals surface area contributed by atoms with Gasteiger partial charge >= 0.3 is 0 Å². The summed E-state index contributed by atoms with van der Waals surface area (Å²) in [7, 11) is 0. The standard InChI is InChI=1S/C12H15N/c1-8-11(12(8,2)3)9-4-6-10(13)7-5-9/h4-7,11H,1,13H2,2-3H3. The van der Waals surface area contributed by atoms with Crippen molar-refractivity contribution in [3.63, 3.8) is 0 Å². The van der Waals surface area contributed by atoms with Gasteiger partial charge in [0.15, 0.2) is 0 Å². The summed E-state index contributed by atoms with van der Waals surface area (Å²) in [5.41, 5.74) is 9.41. The van der Waals surface area contributed by atoms with Crippen LogP contribution in [0.3, 0.4) is 0 Å². The van der Waals surface area contributed by atoms with Crippen molar-refractivity contribution in [1.82, 2.24) is 0 Å². The van der Waals surface area contributed by atoms with Gasteiger partial charge in [-0.25, -0.2) is 0 Å². The van der Waals surface area contributed by atoms with Crippen LogP contribution < -0.4 is 5.73 Å². The smallest absolute Gasteiger partial charge is 0.0314 e. The Hall–Kier alpha value is -1.24. The van der Waals surface area contributed by atoms with E-state index in [0.717, 1.165) is 5.69 Å². The van der Waals surface area contributed by atoms with Crippen molar-refractivity contribution in [3.05, 3.63) is 42.0 Å². The zero-order chi connectivity index (χ0) is 9.64. The lowest BCUT2D eigenvalue weighted by atomic mass is 10.0. The van der Waals surface area contributed by atoms with Gasteiger partial charge in [-0.1, -0.05) is 38.1 Å². The van der Waals surface area contributed by atoms with Crippen molar-refractivity contribution < 1.29 is 0 Å². The molecule has 0 amide bonds. The van der Waals surface area contributed by atoms with Crippen LogP contribution >= 0.6 is 0 Å². The summed E-state index contributed by atoms with van der Waals surface area (Å²) in [5, 5.41) is 0. The molecule has 1 aliphatic carbocycles. The molecule has 2 N–H and O–H groups in total. The number of nitrogen functional groups attached to an aromatic ring is 1. The SMILES string of the molecule is C=C1C(c2ccc(N)cc2)C1(C)C. The molecule has 1 heteroatoms. The maximum atomic E-state index is 5.63. The molecule has 0 aliphatic heterocycles. The molecule has 0 heterocycles. The normalized spacial score (nSPS) is 24.5. The molecule has 1 aliphatic rings. The Morgan fingerprint density at radius 2 is 1.69 bits per heavy atom. The number of anilines is 1. The van der Waals surface area contributed by atoms with Crippen molar-refractivity contribution in [3.8, 4) is 0 Å². The molecule has 1 atom stereocenters. The second kappa shape index (κ2) is 2.38. The van der Waals surface area contributed by atoms with Crippen LogP contribution in [0.25, 0.3) is 0 Å². The van der Waals surface area contributed by atoms with Crippen LogP contribution in [0.5, 0.6) is 0 Å². The maximum Gasteiger partial charge on any atom is 0.0314 e. The zero-order valence-corrected chi connectivity index (χ0v) is 8.17. The third-order valence-corrected chi connectivity index (χ3v) is 3.08. The number of benzene rings is 1. The number of hydrogen-bond acceptors (Lipinski definition) is 1. The van der Waals surface area contributed by atoms with Crippen LogP contribution in [0.1, 0.15) is 25.3 Å². The highest BCUT2D eigenvalue weighted by Gasteiger charge is 2.51. The summed E-state index contributed by atoms with van der Waals surface area (Å²) < 4.78 is 0. The highest BCUT2D eigenvalue weighted by atomic mass is 14.6. The largest absolute Gasteiger partial charge is 0.399 e. The third-order valence-electron chi connectivity index (χ3n) is 3.08. The summed E-state index contributed by atoms with van der Waals surface area (Å²) in [5.74, 6) is 0.535. The van der Waals surface area contributed by atoms with Gasteiger partial charge in [-0.3, -0.25) is 0 Å². The van der Waals surface area contributed by atoms with Crippen molar-refractivity contribution in [2.75, 3.05) is 5.73 Å². The Morgan fingerprint density at radius 3 is 2.08 bits per heavy atom. The van der Waals surface area contributed by atoms with Gasteiger partial charge in [0, 0.05) is 11.6 Å². The van der Waals surface area contributed by atoms with Crippen molar-refractivity contribution >= 4 is 5.69 Å². The first-order chi connectivity index (χ1) is 6.03. The Morgan fingerprint density at radius 1 is 1.23 bits per heavy atom. The molecule has 68 valence electrons. The maximum absolute atomic E-state index is 5.63. The van der Waals surface area contributed by atoms with Crippen LogP contribution in [0, 0.1) is 5.41 Å². The van der Waals surface area contributed by atoms with Crippen LogP contribution in [0.15, 0.2) is 36.4 Å². The molecule has 0 spiro atoms. The summed E-state index contributed by atoms with van der Waals surface area (Å²) in [6.45, 7) is 8.53. The molecule has 1 saturated carbocycles. The molecular weight excluding hydrogens is 158 g/mol. The van der Waals surface area contributed by atoms with E-state index in [4.69, 9.17) is 5.73 Å². The number of allylic oxidation sites excluding steroid dienone is 1. The van der Waals surface area contributed by atoms with E-state index in [0.29, 0.717) is 5.92 Å². The Kier molecular flexibility index (Phi) is 1.53. The van der Waals surface area contributed by atoms with Crippen molar-refractivity contribution in [2.45, 2.75) is 19.8 Å². The second-order valence-corrected chi connectivity index (χ2v) is 4.35. The van der Waals surface area contributed by atoms with Gasteiger partial charge in [0.2, 0.25) is 0 Å². The lowest BCUT2D eigenvalue weighted by molar-refractivity contribution is 0.642. The van der Waals surface area contributed by atoms with Gasteiger partial charge < -0.3 is 5.73 Å². The molecule has 0 aromatic heterocycles. The van der Waals surface area contributed by atoms with Gasteiger partial charge in [-0.2, -0.15) is 0 Å². The van der Waals surface area contributed by atoms with E-state index in [1.165, 1.54) is 11.1 Å². The summed E-state index contributed by atoms with van der Waals surface area (Å²) in [6, 6.07) is 8.11. The van der Waals surface area contributed by atoms with Gasteiger partial charge in [0.1, 0.15) is 0 Å². The average molecular weight is 173 g/mol. The minimum atomic E-state index is 0.288. The molecule has 1 fully saturated rings. The lowest BCUT2D eigenvalue weighted by Gasteiger charge is -2.02. The Bertz CT molecular complexity index is 346. The van der Waals surface area contributed by atoms with E-state index in [1.54, 1.807) is 0 Å². The van der Waals surface area contributed by atoms with Crippen molar-refractivity contribution in [1.29, 1.82) is 0 Å². The predicted molar refractivity (Wildman–Crippen MR) is 56.5 cm³/mol. The lowest BCUT2D eigenvalue weighted by Crippen LogP contribution is -1.90. The average Bonchev–Trinajstić information content (AvgIpc) is 2.55. The van der Waals surface area contributed by atoms with Gasteiger partial charge in [-0.05, 0) is 23.1 Å². The minimum Gasteiger partial charge on any atom is -0.399 e. The summed E-state index contributed by atoms with van der Waals surface area (Å²) in [4.78, 5) is 0. The molecule has 0 saturated heterocycles. The van der Waals surface area contributed by atoms with E-state index in [1.807, 2.05) is 12.1 Å². The zero-order valence-electron chi connectivity index (χ0n) is 8.17. The van der Waals surface area contributed by atoms with Crippen LogP contribution in [0.2, 0.25) is 0 Å². The van der Waals surface area contributed by atoms with E-state index < -0.39 is 0 Å². The predicted octanol–water partition coefficient (Wildman–Crippen LogP) is 2.95. The molecular formula is C12H15N. The van der Waals surface area contributed by atoms with Gasteiger partial charge in [0.25, 0.3) is 0 Å². The molecule has 1 unspecified atom stereocenters. The molecule has 2 rings (SSSR count). The molecule has 0 radical (unpaired) electrons. The van der Waals surface area contributed by atoms with Gasteiger partial charge in [0.05, 0.1) is 0 Å². The first kappa shape index (κ1) is 8.36. The quantitative estimate of drug-likeness (QED) is 0.513.